The first-order valence-corrected chi connectivity index (χ1v) is 4.91. The van der Waals surface area contributed by atoms with Gasteiger partial charge < -0.3 is 10.1 Å². The smallest absolute Gasteiger partial charge is 0.0634 e. The maximum atomic E-state index is 5.32. The number of hydrogen-bond acceptors (Lipinski definition) is 2. The highest BCUT2D eigenvalue weighted by Gasteiger charge is 2.15. The van der Waals surface area contributed by atoms with Gasteiger partial charge in [-0.05, 0) is 40.2 Å². The molecule has 0 bridgehead atoms. The quantitative estimate of drug-likeness (QED) is 0.615. The second-order valence-electron chi connectivity index (χ2n) is 4.09. The van der Waals surface area contributed by atoms with Crippen LogP contribution in [0.4, 0.5) is 0 Å². The van der Waals surface area contributed by atoms with Crippen LogP contribution in [-0.4, -0.2) is 25.3 Å². The molecule has 13 heavy (non-hydrogen) atoms. The Morgan fingerprint density at radius 3 is 2.62 bits per heavy atom. The summed E-state index contributed by atoms with van der Waals surface area (Å²) in [7, 11) is 1.76. The van der Waals surface area contributed by atoms with E-state index in [0.29, 0.717) is 6.04 Å². The summed E-state index contributed by atoms with van der Waals surface area (Å²) >= 11 is 0. The van der Waals surface area contributed by atoms with Crippen LogP contribution < -0.4 is 5.32 Å². The van der Waals surface area contributed by atoms with E-state index in [2.05, 4.69) is 32.7 Å². The molecule has 0 amide bonds. The minimum Gasteiger partial charge on any atom is -0.379 e. The van der Waals surface area contributed by atoms with Crippen LogP contribution in [0.15, 0.2) is 12.7 Å². The molecule has 0 spiro atoms. The van der Waals surface area contributed by atoms with Gasteiger partial charge in [-0.2, -0.15) is 0 Å². The zero-order valence-corrected chi connectivity index (χ0v) is 9.39. The third-order valence-electron chi connectivity index (χ3n) is 2.29. The molecule has 1 N–H and O–H groups in total. The van der Waals surface area contributed by atoms with E-state index in [-0.39, 0.29) is 5.60 Å². The Labute approximate surface area is 82.4 Å². The molecule has 0 aliphatic carbocycles. The average molecular weight is 185 g/mol. The van der Waals surface area contributed by atoms with E-state index in [0.717, 1.165) is 19.4 Å². The first kappa shape index (κ1) is 12.7. The van der Waals surface area contributed by atoms with E-state index in [4.69, 9.17) is 4.74 Å². The van der Waals surface area contributed by atoms with Gasteiger partial charge in [0.15, 0.2) is 0 Å². The van der Waals surface area contributed by atoms with Gasteiger partial charge in [0.05, 0.1) is 5.60 Å². The fourth-order valence-corrected chi connectivity index (χ4v) is 1.05. The molecule has 0 aromatic heterocycles. The third kappa shape index (κ3) is 6.79. The Morgan fingerprint density at radius 1 is 1.54 bits per heavy atom. The van der Waals surface area contributed by atoms with Crippen molar-refractivity contribution in [3.63, 3.8) is 0 Å². The van der Waals surface area contributed by atoms with Crippen molar-refractivity contribution in [3.8, 4) is 0 Å². The van der Waals surface area contributed by atoms with E-state index in [1.54, 1.807) is 7.11 Å². The summed E-state index contributed by atoms with van der Waals surface area (Å²) < 4.78 is 5.32. The summed E-state index contributed by atoms with van der Waals surface area (Å²) in [6.07, 6.45) is 4.00. The van der Waals surface area contributed by atoms with E-state index in [1.165, 1.54) is 0 Å². The topological polar surface area (TPSA) is 21.3 Å². The molecular weight excluding hydrogens is 162 g/mol. The molecule has 0 fully saturated rings. The maximum absolute atomic E-state index is 5.32. The Hall–Kier alpha value is -0.340. The summed E-state index contributed by atoms with van der Waals surface area (Å²) in [5.74, 6) is 0. The zero-order valence-electron chi connectivity index (χ0n) is 9.39. The lowest BCUT2D eigenvalue weighted by Gasteiger charge is -2.23. The number of nitrogens with one attached hydrogen (secondary N) is 1. The molecule has 78 valence electrons. The molecule has 0 saturated heterocycles. The highest BCUT2D eigenvalue weighted by atomic mass is 16.5. The summed E-state index contributed by atoms with van der Waals surface area (Å²) in [6.45, 7) is 11.1. The molecule has 2 nitrogen and oxygen atoms in total. The predicted molar refractivity (Wildman–Crippen MR) is 58.0 cm³/mol. The number of ether oxygens (including phenoxy) is 1. The largest absolute Gasteiger partial charge is 0.379 e. The molecule has 1 unspecified atom stereocenters. The van der Waals surface area contributed by atoms with Crippen molar-refractivity contribution in [1.29, 1.82) is 0 Å². The minimum atomic E-state index is -0.0130. The molecule has 0 radical (unpaired) electrons. The second kappa shape index (κ2) is 6.17. The van der Waals surface area contributed by atoms with Gasteiger partial charge in [0.2, 0.25) is 0 Å². The van der Waals surface area contributed by atoms with Crippen LogP contribution in [-0.2, 0) is 4.74 Å². The molecule has 0 aromatic rings. The monoisotopic (exact) mass is 185 g/mol. The molecule has 1 atom stereocenters. The molecule has 0 aromatic carbocycles. The van der Waals surface area contributed by atoms with Crippen molar-refractivity contribution in [1.82, 2.24) is 5.32 Å². The van der Waals surface area contributed by atoms with Crippen LogP contribution in [0.5, 0.6) is 0 Å². The van der Waals surface area contributed by atoms with Gasteiger partial charge in [-0.3, -0.25) is 0 Å². The van der Waals surface area contributed by atoms with Crippen LogP contribution >= 0.6 is 0 Å². The van der Waals surface area contributed by atoms with Gasteiger partial charge in [0, 0.05) is 13.2 Å². The third-order valence-corrected chi connectivity index (χ3v) is 2.29. The van der Waals surface area contributed by atoms with Crippen LogP contribution in [0.3, 0.4) is 0 Å². The Kier molecular flexibility index (Phi) is 6.00. The molecule has 0 saturated carbocycles. The van der Waals surface area contributed by atoms with Crippen molar-refractivity contribution in [2.45, 2.75) is 45.3 Å². The Bertz CT molecular complexity index is 143. The summed E-state index contributed by atoms with van der Waals surface area (Å²) in [4.78, 5) is 0. The van der Waals surface area contributed by atoms with Crippen molar-refractivity contribution in [2.75, 3.05) is 13.7 Å². The van der Waals surface area contributed by atoms with Gasteiger partial charge in [0.25, 0.3) is 0 Å². The van der Waals surface area contributed by atoms with Crippen molar-refractivity contribution >= 4 is 0 Å². The molecule has 0 heterocycles. The predicted octanol–water partition coefficient (Wildman–Crippen LogP) is 2.36. The Morgan fingerprint density at radius 2 is 2.15 bits per heavy atom. The first-order chi connectivity index (χ1) is 6.02. The first-order valence-electron chi connectivity index (χ1n) is 4.91. The molecular formula is C11H23NO. The maximum Gasteiger partial charge on any atom is 0.0634 e. The molecule has 0 aliphatic heterocycles. The summed E-state index contributed by atoms with van der Waals surface area (Å²) in [5, 5.41) is 3.42. The fraction of sp³-hybridized carbons (Fsp3) is 0.818. The van der Waals surface area contributed by atoms with Crippen molar-refractivity contribution < 1.29 is 4.74 Å². The van der Waals surface area contributed by atoms with Gasteiger partial charge >= 0.3 is 0 Å². The molecule has 2 heteroatoms. The van der Waals surface area contributed by atoms with E-state index in [1.807, 2.05) is 6.08 Å². The number of methoxy groups -OCH3 is 1. The van der Waals surface area contributed by atoms with Gasteiger partial charge in [-0.1, -0.05) is 6.08 Å². The van der Waals surface area contributed by atoms with Gasteiger partial charge in [-0.15, -0.1) is 6.58 Å². The number of hydrogen-bond donors (Lipinski definition) is 1. The summed E-state index contributed by atoms with van der Waals surface area (Å²) in [6, 6.07) is 0.519. The van der Waals surface area contributed by atoms with E-state index in [9.17, 15) is 0 Å². The number of rotatable bonds is 7. The SMILES string of the molecule is C=CCC(C)NCCC(C)(C)OC. The summed E-state index contributed by atoms with van der Waals surface area (Å²) in [5.41, 5.74) is -0.0130. The van der Waals surface area contributed by atoms with E-state index >= 15 is 0 Å². The zero-order chi connectivity index (χ0) is 10.3. The molecule has 0 aliphatic rings. The van der Waals surface area contributed by atoms with Crippen molar-refractivity contribution in [3.05, 3.63) is 12.7 Å². The van der Waals surface area contributed by atoms with Crippen LogP contribution in [0, 0.1) is 0 Å². The highest BCUT2D eigenvalue weighted by Crippen LogP contribution is 2.11. The molecule has 0 rings (SSSR count). The van der Waals surface area contributed by atoms with Crippen molar-refractivity contribution in [2.24, 2.45) is 0 Å². The average Bonchev–Trinajstić information content (AvgIpc) is 2.05. The normalized spacial score (nSPS) is 14.2. The van der Waals surface area contributed by atoms with Crippen LogP contribution in [0.25, 0.3) is 0 Å². The fourth-order valence-electron chi connectivity index (χ4n) is 1.05. The Balaban J connectivity index is 3.49. The van der Waals surface area contributed by atoms with E-state index < -0.39 is 0 Å². The van der Waals surface area contributed by atoms with Crippen LogP contribution in [0.2, 0.25) is 0 Å². The van der Waals surface area contributed by atoms with Crippen LogP contribution in [0.1, 0.15) is 33.6 Å². The van der Waals surface area contributed by atoms with Gasteiger partial charge in [-0.25, -0.2) is 0 Å². The lowest BCUT2D eigenvalue weighted by atomic mass is 10.1. The standard InChI is InChI=1S/C11H23NO/c1-6-7-10(2)12-9-8-11(3,4)13-5/h6,10,12H,1,7-9H2,2-5H3. The second-order valence-corrected chi connectivity index (χ2v) is 4.09. The highest BCUT2D eigenvalue weighted by molar-refractivity contribution is 4.76. The minimum absolute atomic E-state index is 0.0130. The lowest BCUT2D eigenvalue weighted by molar-refractivity contribution is 0.0155. The van der Waals surface area contributed by atoms with Gasteiger partial charge in [0.1, 0.15) is 0 Å². The lowest BCUT2D eigenvalue weighted by Crippen LogP contribution is -2.33.